The van der Waals surface area contributed by atoms with E-state index in [4.69, 9.17) is 11.6 Å². The molecule has 2 N–H and O–H groups in total. The molecule has 5 rings (SSSR count). The molecule has 2 fully saturated rings. The first kappa shape index (κ1) is 30.2. The summed E-state index contributed by atoms with van der Waals surface area (Å²) in [5.41, 5.74) is -0.183. The van der Waals surface area contributed by atoms with E-state index >= 15 is 0 Å². The van der Waals surface area contributed by atoms with E-state index in [1.165, 1.54) is 30.5 Å². The summed E-state index contributed by atoms with van der Waals surface area (Å²) in [6.45, 7) is 1.75. The lowest BCUT2D eigenvalue weighted by atomic mass is 9.81. The predicted octanol–water partition coefficient (Wildman–Crippen LogP) is 3.21. The van der Waals surface area contributed by atoms with Gasteiger partial charge in [0.2, 0.25) is 11.9 Å². The van der Waals surface area contributed by atoms with Crippen LogP contribution in [0.2, 0.25) is 0 Å². The first-order chi connectivity index (χ1) is 20.4. The van der Waals surface area contributed by atoms with Gasteiger partial charge in [-0.05, 0) is 36.3 Å². The molecule has 0 bridgehead atoms. The van der Waals surface area contributed by atoms with Gasteiger partial charge in [0.25, 0.3) is 17.7 Å². The molecule has 10 nitrogen and oxygen atoms in total. The summed E-state index contributed by atoms with van der Waals surface area (Å²) in [6, 6.07) is 4.09. The molecule has 3 aliphatic rings. The summed E-state index contributed by atoms with van der Waals surface area (Å²) in [4.78, 5) is 51.5. The first-order valence-corrected chi connectivity index (χ1v) is 13.8. The average Bonchev–Trinajstić information content (AvgIpc) is 3.24. The van der Waals surface area contributed by atoms with Crippen LogP contribution in [0.5, 0.6) is 0 Å². The zero-order valence-electron chi connectivity index (χ0n) is 22.7. The number of nitrogens with one attached hydrogen (secondary N) is 1. The van der Waals surface area contributed by atoms with Crippen molar-refractivity contribution in [1.82, 2.24) is 15.3 Å². The molecule has 2 heterocycles. The van der Waals surface area contributed by atoms with Crippen molar-refractivity contribution in [3.05, 3.63) is 71.3 Å². The zero-order chi connectivity index (χ0) is 31.1. The quantitative estimate of drug-likeness (QED) is 0.488. The standard InChI is InChI=1S/C29H26ClF3N6O4/c1-15-4-2-7-20(30)23(15)24(25(41)36-18-12-29(32,33)13-18)38(19-6-3-5-16(31)10-19)26(42)21-11-22(40)27(43)39(21)28-35-9-8-17(14-34)37-28/h2-10,15,18,21-24,40H,11-13H2,1H3,(H,36,41)/t15?,21-,22-,23?,24-/m0/s1. The Morgan fingerprint density at radius 3 is 2.70 bits per heavy atom. The number of nitriles is 1. The van der Waals surface area contributed by atoms with Gasteiger partial charge in [-0.15, -0.1) is 0 Å². The summed E-state index contributed by atoms with van der Waals surface area (Å²) < 4.78 is 41.9. The molecule has 1 saturated heterocycles. The van der Waals surface area contributed by atoms with Crippen LogP contribution in [0.25, 0.3) is 0 Å². The lowest BCUT2D eigenvalue weighted by Crippen LogP contribution is -2.62. The van der Waals surface area contributed by atoms with Gasteiger partial charge in [-0.3, -0.25) is 24.2 Å². The number of anilines is 2. The topological polar surface area (TPSA) is 140 Å². The fourth-order valence-corrected chi connectivity index (χ4v) is 6.04. The maximum atomic E-state index is 14.6. The fraction of sp³-hybridized carbons (Fsp3) is 0.379. The van der Waals surface area contributed by atoms with E-state index in [1.807, 2.05) is 6.07 Å². The lowest BCUT2D eigenvalue weighted by Gasteiger charge is -2.42. The van der Waals surface area contributed by atoms with E-state index in [2.05, 4.69) is 15.3 Å². The highest BCUT2D eigenvalue weighted by atomic mass is 35.5. The van der Waals surface area contributed by atoms with Crippen LogP contribution in [0.4, 0.5) is 24.8 Å². The highest BCUT2D eigenvalue weighted by molar-refractivity contribution is 6.30. The smallest absolute Gasteiger partial charge is 0.259 e. The zero-order valence-corrected chi connectivity index (χ0v) is 23.5. The Balaban J connectivity index is 1.62. The number of amides is 3. The third-order valence-corrected chi connectivity index (χ3v) is 8.12. The highest BCUT2D eigenvalue weighted by Crippen LogP contribution is 2.40. The van der Waals surface area contributed by atoms with Gasteiger partial charge in [0.05, 0.1) is 0 Å². The van der Waals surface area contributed by atoms with Crippen molar-refractivity contribution in [1.29, 1.82) is 5.26 Å². The second-order valence-electron chi connectivity index (χ2n) is 10.8. The Morgan fingerprint density at radius 1 is 1.30 bits per heavy atom. The summed E-state index contributed by atoms with van der Waals surface area (Å²) in [5.74, 6) is -7.99. The van der Waals surface area contributed by atoms with Gasteiger partial charge in [0.15, 0.2) is 0 Å². The Bertz CT molecular complexity index is 1550. The van der Waals surface area contributed by atoms with Crippen molar-refractivity contribution >= 4 is 41.0 Å². The number of nitrogens with zero attached hydrogens (tertiary/aromatic N) is 5. The second kappa shape index (κ2) is 11.8. The molecule has 0 spiro atoms. The number of halogens is 4. The molecule has 0 radical (unpaired) electrons. The van der Waals surface area contributed by atoms with E-state index in [-0.39, 0.29) is 22.4 Å². The van der Waals surface area contributed by atoms with Gasteiger partial charge in [-0.2, -0.15) is 5.26 Å². The van der Waals surface area contributed by atoms with Gasteiger partial charge in [0, 0.05) is 48.1 Å². The van der Waals surface area contributed by atoms with Crippen LogP contribution < -0.4 is 15.1 Å². The summed E-state index contributed by atoms with van der Waals surface area (Å²) in [6.07, 6.45) is 2.90. The van der Waals surface area contributed by atoms with Crippen LogP contribution in [0.3, 0.4) is 0 Å². The maximum Gasteiger partial charge on any atom is 0.259 e. The number of alkyl halides is 2. The van der Waals surface area contributed by atoms with Crippen molar-refractivity contribution in [3.63, 3.8) is 0 Å². The predicted molar refractivity (Wildman–Crippen MR) is 148 cm³/mol. The van der Waals surface area contributed by atoms with Crippen molar-refractivity contribution < 1.29 is 32.7 Å². The molecular weight excluding hydrogens is 589 g/mol. The molecular formula is C29H26ClF3N6O4. The largest absolute Gasteiger partial charge is 0.383 e. The third kappa shape index (κ3) is 5.98. The number of aromatic nitrogens is 2. The van der Waals surface area contributed by atoms with Crippen molar-refractivity contribution in [3.8, 4) is 6.07 Å². The molecule has 1 saturated carbocycles. The van der Waals surface area contributed by atoms with Crippen LogP contribution in [-0.4, -0.2) is 62.9 Å². The highest BCUT2D eigenvalue weighted by Gasteiger charge is 2.52. The van der Waals surface area contributed by atoms with Gasteiger partial charge < -0.3 is 10.4 Å². The first-order valence-electron chi connectivity index (χ1n) is 13.4. The summed E-state index contributed by atoms with van der Waals surface area (Å²) in [7, 11) is 0. The van der Waals surface area contributed by atoms with Gasteiger partial charge >= 0.3 is 0 Å². The molecule has 1 aliphatic heterocycles. The molecule has 224 valence electrons. The number of rotatable bonds is 7. The van der Waals surface area contributed by atoms with Gasteiger partial charge in [0.1, 0.15) is 35.8 Å². The minimum absolute atomic E-state index is 0.0733. The SMILES string of the molecule is CC1C=CC=C(Cl)C1[C@@H](C(=O)NC1CC(F)(F)C1)N(C(=O)[C@@H]1C[C@H](O)C(=O)N1c1nccc(C#N)n1)c1cccc(F)c1. The number of hydrogen-bond acceptors (Lipinski definition) is 7. The summed E-state index contributed by atoms with van der Waals surface area (Å²) in [5, 5.41) is 22.6. The number of carbonyl (C=O) groups excluding carboxylic acids is 3. The Morgan fingerprint density at radius 2 is 2.05 bits per heavy atom. The van der Waals surface area contributed by atoms with Gasteiger partial charge in [-0.25, -0.2) is 23.1 Å². The van der Waals surface area contributed by atoms with E-state index < -0.39 is 84.8 Å². The van der Waals surface area contributed by atoms with E-state index in [0.29, 0.717) is 0 Å². The number of hydrogen-bond donors (Lipinski definition) is 2. The molecule has 2 aliphatic carbocycles. The maximum absolute atomic E-state index is 14.6. The van der Waals surface area contributed by atoms with Crippen LogP contribution in [0.1, 0.15) is 31.9 Å². The Labute approximate surface area is 249 Å². The summed E-state index contributed by atoms with van der Waals surface area (Å²) >= 11 is 6.62. The van der Waals surface area contributed by atoms with Crippen LogP contribution in [0.15, 0.2) is 59.8 Å². The average molecular weight is 615 g/mol. The normalized spacial score (nSPS) is 25.4. The molecule has 5 atom stereocenters. The van der Waals surface area contributed by atoms with Crippen LogP contribution >= 0.6 is 11.6 Å². The molecule has 1 aromatic heterocycles. The Kier molecular flexibility index (Phi) is 8.27. The fourth-order valence-electron chi connectivity index (χ4n) is 5.65. The van der Waals surface area contributed by atoms with E-state index in [1.54, 1.807) is 19.1 Å². The molecule has 1 aromatic carbocycles. The molecule has 2 aromatic rings. The number of carbonyl (C=O) groups is 3. The van der Waals surface area contributed by atoms with E-state index in [9.17, 15) is 37.9 Å². The van der Waals surface area contributed by atoms with E-state index in [0.717, 1.165) is 21.9 Å². The monoisotopic (exact) mass is 614 g/mol. The van der Waals surface area contributed by atoms with Gasteiger partial charge in [-0.1, -0.05) is 36.7 Å². The number of allylic oxidation sites excluding steroid dienone is 3. The number of benzene rings is 1. The number of aliphatic hydroxyl groups is 1. The molecule has 43 heavy (non-hydrogen) atoms. The Hall–Kier alpha value is -4.28. The van der Waals surface area contributed by atoms with Crippen molar-refractivity contribution in [2.75, 3.05) is 9.80 Å². The lowest BCUT2D eigenvalue weighted by molar-refractivity contribution is -0.134. The minimum Gasteiger partial charge on any atom is -0.383 e. The number of aliphatic hydroxyl groups excluding tert-OH is 1. The molecule has 3 amide bonds. The second-order valence-corrected chi connectivity index (χ2v) is 11.2. The molecule has 14 heteroatoms. The minimum atomic E-state index is -2.94. The van der Waals surface area contributed by atoms with Crippen LogP contribution in [-0.2, 0) is 14.4 Å². The van der Waals surface area contributed by atoms with Crippen LogP contribution in [0, 0.1) is 29.0 Å². The molecule has 2 unspecified atom stereocenters. The van der Waals surface area contributed by atoms with Crippen molar-refractivity contribution in [2.24, 2.45) is 11.8 Å². The third-order valence-electron chi connectivity index (χ3n) is 7.74. The van der Waals surface area contributed by atoms with Crippen molar-refractivity contribution in [2.45, 2.75) is 56.3 Å².